The van der Waals surface area contributed by atoms with Gasteiger partial charge in [-0.15, -0.1) is 0 Å². The van der Waals surface area contributed by atoms with Crippen molar-refractivity contribution in [1.29, 1.82) is 0 Å². The van der Waals surface area contributed by atoms with Crippen molar-refractivity contribution in [2.24, 2.45) is 0 Å². The Bertz CT molecular complexity index is 957. The van der Waals surface area contributed by atoms with Gasteiger partial charge in [-0.1, -0.05) is 41.4 Å². The van der Waals surface area contributed by atoms with Crippen LogP contribution >= 0.6 is 11.6 Å². The molecular weight excluding hydrogens is 408 g/mol. The maximum absolute atomic E-state index is 13.2. The largest absolute Gasteiger partial charge is 0.354 e. The molecule has 29 heavy (non-hydrogen) atoms. The van der Waals surface area contributed by atoms with Gasteiger partial charge in [0.05, 0.1) is 10.6 Å². The highest BCUT2D eigenvalue weighted by Crippen LogP contribution is 2.24. The molecule has 0 heterocycles. The molecule has 1 aliphatic carbocycles. The van der Waals surface area contributed by atoms with E-state index in [4.69, 9.17) is 11.6 Å². The van der Waals surface area contributed by atoms with E-state index in [2.05, 4.69) is 11.4 Å². The molecule has 0 saturated carbocycles. The summed E-state index contributed by atoms with van der Waals surface area (Å²) in [6, 6.07) is 14.6. The lowest BCUT2D eigenvalue weighted by Crippen LogP contribution is -2.41. The van der Waals surface area contributed by atoms with Crippen LogP contribution < -0.4 is 9.62 Å². The van der Waals surface area contributed by atoms with Crippen LogP contribution in [0.25, 0.3) is 0 Å². The van der Waals surface area contributed by atoms with E-state index in [0.717, 1.165) is 23.6 Å². The van der Waals surface area contributed by atoms with Crippen molar-refractivity contribution in [2.45, 2.75) is 37.0 Å². The van der Waals surface area contributed by atoms with E-state index >= 15 is 0 Å². The van der Waals surface area contributed by atoms with Crippen molar-refractivity contribution in [1.82, 2.24) is 5.32 Å². The van der Waals surface area contributed by atoms with Gasteiger partial charge in [-0.2, -0.15) is 0 Å². The normalized spacial score (nSPS) is 14.2. The monoisotopic (exact) mass is 432 g/mol. The highest BCUT2D eigenvalue weighted by Gasteiger charge is 2.27. The topological polar surface area (TPSA) is 66.5 Å². The zero-order chi connectivity index (χ0) is 20.7. The first-order chi connectivity index (χ1) is 14.0. The van der Waals surface area contributed by atoms with Crippen molar-refractivity contribution in [3.63, 3.8) is 0 Å². The number of hydrogen-bond donors (Lipinski definition) is 1. The third-order valence-electron chi connectivity index (χ3n) is 4.89. The van der Waals surface area contributed by atoms with Crippen LogP contribution in [0, 0.1) is 0 Å². The number of para-hydroxylation sites is 1. The zero-order valence-corrected chi connectivity index (χ0v) is 17.8. The first kappa shape index (κ1) is 21.4. The number of nitrogens with one attached hydrogen (secondary N) is 1. The molecule has 3 rings (SSSR count). The summed E-state index contributed by atoms with van der Waals surface area (Å²) in [6.07, 6.45) is 7.66. The number of anilines is 1. The number of nitrogens with zero attached hydrogens (tertiary/aromatic N) is 1. The molecule has 1 aliphatic rings. The standard InChI is InChI=1S/C22H25ClN2O3S/c23-19-11-13-21(14-12-19)29(27,28)25(20-9-5-2-6-10-20)17-22(26)24-16-15-18-7-3-1-4-8-18/h2,5-7,9-14H,1,3-4,8,15-17H2,(H,24,26). The smallest absolute Gasteiger partial charge is 0.264 e. The molecule has 0 atom stereocenters. The van der Waals surface area contributed by atoms with Crippen LogP contribution in [0.4, 0.5) is 5.69 Å². The minimum Gasteiger partial charge on any atom is -0.354 e. The van der Waals surface area contributed by atoms with Crippen LogP contribution in [-0.4, -0.2) is 27.4 Å². The quantitative estimate of drug-likeness (QED) is 0.622. The van der Waals surface area contributed by atoms with E-state index in [1.807, 2.05) is 0 Å². The SMILES string of the molecule is O=C(CN(c1ccccc1)S(=O)(=O)c1ccc(Cl)cc1)NCCC1=CCCCC1. The number of rotatable bonds is 8. The summed E-state index contributed by atoms with van der Waals surface area (Å²) in [6.45, 7) is 0.225. The summed E-state index contributed by atoms with van der Waals surface area (Å²) in [5.74, 6) is -0.331. The second-order valence-corrected chi connectivity index (χ2v) is 9.31. The number of amides is 1. The van der Waals surface area contributed by atoms with Gasteiger partial charge in [-0.25, -0.2) is 8.42 Å². The van der Waals surface area contributed by atoms with Gasteiger partial charge < -0.3 is 5.32 Å². The maximum atomic E-state index is 13.2. The molecule has 5 nitrogen and oxygen atoms in total. The van der Waals surface area contributed by atoms with Crippen molar-refractivity contribution < 1.29 is 13.2 Å². The summed E-state index contributed by atoms with van der Waals surface area (Å²) in [5, 5.41) is 3.30. The fraction of sp³-hybridized carbons (Fsp3) is 0.318. The molecule has 2 aromatic rings. The summed E-state index contributed by atoms with van der Waals surface area (Å²) in [5.41, 5.74) is 1.80. The molecule has 2 aromatic carbocycles. The minimum atomic E-state index is -3.91. The summed E-state index contributed by atoms with van der Waals surface area (Å²) >= 11 is 5.89. The van der Waals surface area contributed by atoms with Crippen molar-refractivity contribution >= 4 is 33.2 Å². The van der Waals surface area contributed by atoms with Crippen molar-refractivity contribution in [2.75, 3.05) is 17.4 Å². The van der Waals surface area contributed by atoms with Crippen LogP contribution in [0.5, 0.6) is 0 Å². The van der Waals surface area contributed by atoms with Gasteiger partial charge in [-0.05, 0) is 68.5 Å². The molecule has 0 saturated heterocycles. The van der Waals surface area contributed by atoms with E-state index in [1.165, 1.54) is 42.7 Å². The van der Waals surface area contributed by atoms with Crippen LogP contribution in [0.2, 0.25) is 5.02 Å². The molecule has 0 aromatic heterocycles. The molecule has 0 bridgehead atoms. The predicted octanol–water partition coefficient (Wildman–Crippen LogP) is 4.54. The lowest BCUT2D eigenvalue weighted by Gasteiger charge is -2.24. The van der Waals surface area contributed by atoms with Gasteiger partial charge in [0.1, 0.15) is 6.54 Å². The van der Waals surface area contributed by atoms with E-state index < -0.39 is 10.0 Å². The molecule has 1 amide bonds. The molecule has 0 fully saturated rings. The first-order valence-electron chi connectivity index (χ1n) is 9.75. The number of carbonyl (C=O) groups is 1. The molecule has 7 heteroatoms. The average molecular weight is 433 g/mol. The fourth-order valence-electron chi connectivity index (χ4n) is 3.32. The number of hydrogen-bond acceptors (Lipinski definition) is 3. The molecule has 0 spiro atoms. The lowest BCUT2D eigenvalue weighted by atomic mass is 9.97. The number of benzene rings is 2. The third kappa shape index (κ3) is 5.84. The second kappa shape index (κ2) is 9.94. The Kier molecular flexibility index (Phi) is 7.34. The van der Waals surface area contributed by atoms with Crippen molar-refractivity contribution in [3.8, 4) is 0 Å². The second-order valence-electron chi connectivity index (χ2n) is 7.01. The molecule has 1 N–H and O–H groups in total. The summed E-state index contributed by atoms with van der Waals surface area (Å²) in [4.78, 5) is 12.6. The van der Waals surface area contributed by atoms with E-state index in [1.54, 1.807) is 30.3 Å². The average Bonchev–Trinajstić information content (AvgIpc) is 2.73. The Morgan fingerprint density at radius 2 is 1.76 bits per heavy atom. The van der Waals surface area contributed by atoms with E-state index in [9.17, 15) is 13.2 Å². The Morgan fingerprint density at radius 3 is 2.41 bits per heavy atom. The van der Waals surface area contributed by atoms with E-state index in [0.29, 0.717) is 17.3 Å². The van der Waals surface area contributed by atoms with Gasteiger partial charge in [-0.3, -0.25) is 9.10 Å². The number of halogens is 1. The van der Waals surface area contributed by atoms with Crippen LogP contribution in [0.3, 0.4) is 0 Å². The number of sulfonamides is 1. The van der Waals surface area contributed by atoms with Crippen LogP contribution in [0.1, 0.15) is 32.1 Å². The first-order valence-corrected chi connectivity index (χ1v) is 11.6. The molecular formula is C22H25ClN2O3S. The van der Waals surface area contributed by atoms with Gasteiger partial charge in [0, 0.05) is 11.6 Å². The third-order valence-corrected chi connectivity index (χ3v) is 6.93. The van der Waals surface area contributed by atoms with Gasteiger partial charge in [0.25, 0.3) is 10.0 Å². The molecule has 0 radical (unpaired) electrons. The summed E-state index contributed by atoms with van der Waals surface area (Å²) in [7, 11) is -3.91. The maximum Gasteiger partial charge on any atom is 0.264 e. The molecule has 0 aliphatic heterocycles. The highest BCUT2D eigenvalue weighted by atomic mass is 35.5. The molecule has 154 valence electrons. The number of allylic oxidation sites excluding steroid dienone is 1. The lowest BCUT2D eigenvalue weighted by molar-refractivity contribution is -0.119. The number of carbonyl (C=O) groups excluding carboxylic acids is 1. The highest BCUT2D eigenvalue weighted by molar-refractivity contribution is 7.92. The Morgan fingerprint density at radius 1 is 1.03 bits per heavy atom. The Balaban J connectivity index is 1.73. The Labute approximate surface area is 177 Å². The zero-order valence-electron chi connectivity index (χ0n) is 16.2. The molecule has 0 unspecified atom stereocenters. The fourth-order valence-corrected chi connectivity index (χ4v) is 4.87. The minimum absolute atomic E-state index is 0.0888. The van der Waals surface area contributed by atoms with Crippen molar-refractivity contribution in [3.05, 3.63) is 71.3 Å². The van der Waals surface area contributed by atoms with Crippen LogP contribution in [0.15, 0.2) is 71.1 Å². The van der Waals surface area contributed by atoms with E-state index in [-0.39, 0.29) is 17.3 Å². The van der Waals surface area contributed by atoms with Crippen LogP contribution in [-0.2, 0) is 14.8 Å². The Hall–Kier alpha value is -2.31. The predicted molar refractivity (Wildman–Crippen MR) is 117 cm³/mol. The summed E-state index contributed by atoms with van der Waals surface area (Å²) < 4.78 is 27.5. The van der Waals surface area contributed by atoms with Gasteiger partial charge in [0.2, 0.25) is 5.91 Å². The van der Waals surface area contributed by atoms with Gasteiger partial charge in [0.15, 0.2) is 0 Å². The van der Waals surface area contributed by atoms with Gasteiger partial charge >= 0.3 is 0 Å².